The second kappa shape index (κ2) is 6.80. The number of anilines is 1. The lowest BCUT2D eigenvalue weighted by Crippen LogP contribution is -2.49. The first kappa shape index (κ1) is 16.3. The SMILES string of the molecule is C[C@@H]1CN(c2ccc(S(=O)(=O)NC(=N)/C=C\N)cc2)CCN1. The summed E-state index contributed by atoms with van der Waals surface area (Å²) < 4.78 is 26.4. The minimum absolute atomic E-state index is 0.120. The predicted octanol–water partition coefficient (Wildman–Crippen LogP) is 0.213. The van der Waals surface area contributed by atoms with Crippen LogP contribution in [0.1, 0.15) is 6.92 Å². The van der Waals surface area contributed by atoms with Crippen LogP contribution >= 0.6 is 0 Å². The summed E-state index contributed by atoms with van der Waals surface area (Å²) in [5.74, 6) is -0.275. The molecule has 5 N–H and O–H groups in total. The highest BCUT2D eigenvalue weighted by Gasteiger charge is 2.18. The van der Waals surface area contributed by atoms with E-state index >= 15 is 0 Å². The normalized spacial score (nSPS) is 19.3. The first-order valence-electron chi connectivity index (χ1n) is 7.00. The maximum atomic E-state index is 12.1. The summed E-state index contributed by atoms with van der Waals surface area (Å²) in [5.41, 5.74) is 6.12. The number of piperazine rings is 1. The fourth-order valence-corrected chi connectivity index (χ4v) is 3.31. The van der Waals surface area contributed by atoms with Crippen LogP contribution in [0.5, 0.6) is 0 Å². The van der Waals surface area contributed by atoms with E-state index < -0.39 is 10.0 Å². The Bertz CT molecular complexity index is 654. The van der Waals surface area contributed by atoms with Crippen molar-refractivity contribution in [2.75, 3.05) is 24.5 Å². The number of hydrogen-bond acceptors (Lipinski definition) is 6. The summed E-state index contributed by atoms with van der Waals surface area (Å²) >= 11 is 0. The van der Waals surface area contributed by atoms with Crippen LogP contribution in [0.4, 0.5) is 5.69 Å². The molecule has 7 nitrogen and oxygen atoms in total. The van der Waals surface area contributed by atoms with Gasteiger partial charge in [-0.3, -0.25) is 10.1 Å². The van der Waals surface area contributed by atoms with Gasteiger partial charge in [0.2, 0.25) is 0 Å². The van der Waals surface area contributed by atoms with Crippen LogP contribution in [0.15, 0.2) is 41.4 Å². The van der Waals surface area contributed by atoms with E-state index in [0.717, 1.165) is 31.5 Å². The standard InChI is InChI=1S/C14H21N5O2S/c1-11-10-19(9-8-17-11)12-2-4-13(5-3-12)22(20,21)18-14(16)6-7-15/h2-7,11,17H,8-10,15H2,1H3,(H2,16,18)/b7-6-/t11-/m1/s1. The van der Waals surface area contributed by atoms with E-state index in [-0.39, 0.29) is 10.7 Å². The molecule has 120 valence electrons. The second-order valence-corrected chi connectivity index (χ2v) is 6.86. The van der Waals surface area contributed by atoms with Crippen LogP contribution in [0.25, 0.3) is 0 Å². The van der Waals surface area contributed by atoms with E-state index in [1.807, 2.05) is 0 Å². The molecule has 0 radical (unpaired) electrons. The fraction of sp³-hybridized carbons (Fsp3) is 0.357. The predicted molar refractivity (Wildman–Crippen MR) is 87.5 cm³/mol. The first-order valence-corrected chi connectivity index (χ1v) is 8.49. The van der Waals surface area contributed by atoms with Gasteiger partial charge in [0.25, 0.3) is 10.0 Å². The van der Waals surface area contributed by atoms with Gasteiger partial charge < -0.3 is 16.0 Å². The molecule has 22 heavy (non-hydrogen) atoms. The lowest BCUT2D eigenvalue weighted by Gasteiger charge is -2.33. The van der Waals surface area contributed by atoms with E-state index in [4.69, 9.17) is 11.1 Å². The maximum Gasteiger partial charge on any atom is 0.263 e. The third-order valence-electron chi connectivity index (χ3n) is 3.39. The van der Waals surface area contributed by atoms with Crippen LogP contribution in [-0.4, -0.2) is 39.9 Å². The molecule has 1 aromatic rings. The summed E-state index contributed by atoms with van der Waals surface area (Å²) in [7, 11) is -3.75. The average molecular weight is 323 g/mol. The Labute approximate surface area is 130 Å². The van der Waals surface area contributed by atoms with Crippen LogP contribution in [-0.2, 0) is 10.0 Å². The van der Waals surface area contributed by atoms with E-state index in [1.54, 1.807) is 24.3 Å². The third-order valence-corrected chi connectivity index (χ3v) is 4.77. The number of nitrogens with one attached hydrogen (secondary N) is 3. The summed E-state index contributed by atoms with van der Waals surface area (Å²) in [4.78, 5) is 2.33. The van der Waals surface area contributed by atoms with Crippen LogP contribution in [0, 0.1) is 5.41 Å². The Balaban J connectivity index is 2.12. The minimum atomic E-state index is -3.75. The smallest absolute Gasteiger partial charge is 0.263 e. The Morgan fingerprint density at radius 3 is 2.73 bits per heavy atom. The molecule has 0 aliphatic carbocycles. The number of nitrogens with two attached hydrogens (primary N) is 1. The molecule has 0 unspecified atom stereocenters. The minimum Gasteiger partial charge on any atom is -0.404 e. The molecule has 1 atom stereocenters. The van der Waals surface area contributed by atoms with Crippen LogP contribution in [0.2, 0.25) is 0 Å². The van der Waals surface area contributed by atoms with Gasteiger partial charge in [-0.1, -0.05) is 0 Å². The summed E-state index contributed by atoms with van der Waals surface area (Å²) in [6.45, 7) is 4.80. The van der Waals surface area contributed by atoms with E-state index in [9.17, 15) is 8.42 Å². The highest BCUT2D eigenvalue weighted by molar-refractivity contribution is 7.90. The number of benzene rings is 1. The van der Waals surface area contributed by atoms with Crippen LogP contribution < -0.4 is 20.7 Å². The van der Waals surface area contributed by atoms with Gasteiger partial charge in [-0.2, -0.15) is 0 Å². The summed E-state index contributed by atoms with van der Waals surface area (Å²) in [5, 5.41) is 10.8. The van der Waals surface area contributed by atoms with Gasteiger partial charge in [0.15, 0.2) is 0 Å². The summed E-state index contributed by atoms with van der Waals surface area (Å²) in [6, 6.07) is 7.07. The van der Waals surface area contributed by atoms with Crippen molar-refractivity contribution in [1.82, 2.24) is 10.0 Å². The molecule has 1 saturated heterocycles. The van der Waals surface area contributed by atoms with Gasteiger partial charge >= 0.3 is 0 Å². The molecular weight excluding hydrogens is 302 g/mol. The van der Waals surface area contributed by atoms with Crippen molar-refractivity contribution in [2.24, 2.45) is 5.73 Å². The topological polar surface area (TPSA) is 111 Å². The zero-order valence-corrected chi connectivity index (χ0v) is 13.2. The molecule has 0 bridgehead atoms. The first-order chi connectivity index (χ1) is 10.4. The molecule has 1 aliphatic rings. The molecule has 1 heterocycles. The number of rotatable bonds is 4. The zero-order chi connectivity index (χ0) is 16.2. The number of hydrogen-bond donors (Lipinski definition) is 4. The molecular formula is C14H21N5O2S. The average Bonchev–Trinajstić information content (AvgIpc) is 2.47. The van der Waals surface area contributed by atoms with Crippen molar-refractivity contribution in [3.05, 3.63) is 36.5 Å². The van der Waals surface area contributed by atoms with Gasteiger partial charge in [0, 0.05) is 31.4 Å². The van der Waals surface area contributed by atoms with Crippen molar-refractivity contribution in [1.29, 1.82) is 5.41 Å². The zero-order valence-electron chi connectivity index (χ0n) is 12.4. The quantitative estimate of drug-likeness (QED) is 0.468. The van der Waals surface area contributed by atoms with Gasteiger partial charge in [-0.25, -0.2) is 8.42 Å². The number of amidine groups is 1. The van der Waals surface area contributed by atoms with Crippen molar-refractivity contribution >= 4 is 21.5 Å². The van der Waals surface area contributed by atoms with Crippen molar-refractivity contribution < 1.29 is 8.42 Å². The van der Waals surface area contributed by atoms with E-state index in [1.165, 1.54) is 6.08 Å². The summed E-state index contributed by atoms with van der Waals surface area (Å²) in [6.07, 6.45) is 2.29. The van der Waals surface area contributed by atoms with Gasteiger partial charge in [-0.05, 0) is 43.5 Å². The molecule has 0 aromatic heterocycles. The lowest BCUT2D eigenvalue weighted by atomic mass is 10.2. The second-order valence-electron chi connectivity index (χ2n) is 5.17. The van der Waals surface area contributed by atoms with Gasteiger partial charge in [0.05, 0.1) is 4.90 Å². The largest absolute Gasteiger partial charge is 0.404 e. The van der Waals surface area contributed by atoms with Gasteiger partial charge in [-0.15, -0.1) is 0 Å². The van der Waals surface area contributed by atoms with Gasteiger partial charge in [0.1, 0.15) is 5.84 Å². The van der Waals surface area contributed by atoms with Crippen molar-refractivity contribution in [2.45, 2.75) is 17.9 Å². The Morgan fingerprint density at radius 2 is 2.14 bits per heavy atom. The third kappa shape index (κ3) is 3.99. The Kier molecular flexibility index (Phi) is 5.04. The fourth-order valence-electron chi connectivity index (χ4n) is 2.34. The number of nitrogens with zero attached hydrogens (tertiary/aromatic N) is 1. The monoisotopic (exact) mass is 323 g/mol. The Morgan fingerprint density at radius 1 is 1.45 bits per heavy atom. The molecule has 8 heteroatoms. The molecule has 0 spiro atoms. The lowest BCUT2D eigenvalue weighted by molar-refractivity contribution is 0.485. The Hall–Kier alpha value is -2.06. The molecule has 1 aliphatic heterocycles. The van der Waals surface area contributed by atoms with E-state index in [2.05, 4.69) is 21.9 Å². The van der Waals surface area contributed by atoms with E-state index in [0.29, 0.717) is 6.04 Å². The van der Waals surface area contributed by atoms with Crippen LogP contribution in [0.3, 0.4) is 0 Å². The molecule has 1 fully saturated rings. The highest BCUT2D eigenvalue weighted by atomic mass is 32.2. The van der Waals surface area contributed by atoms with Crippen molar-refractivity contribution in [3.8, 4) is 0 Å². The molecule has 0 saturated carbocycles. The maximum absolute atomic E-state index is 12.1. The molecule has 0 amide bonds. The molecule has 2 rings (SSSR count). The van der Waals surface area contributed by atoms with Crippen molar-refractivity contribution in [3.63, 3.8) is 0 Å². The highest BCUT2D eigenvalue weighted by Crippen LogP contribution is 2.19. The molecule has 1 aromatic carbocycles. The number of sulfonamides is 1.